The van der Waals surface area contributed by atoms with Crippen molar-refractivity contribution in [3.8, 4) is 11.5 Å². The molecule has 0 bridgehead atoms. The van der Waals surface area contributed by atoms with E-state index in [1.807, 2.05) is 68.4 Å². The number of nitrogens with zero attached hydrogens (tertiary/aromatic N) is 1. The zero-order valence-corrected chi connectivity index (χ0v) is 17.9. The first-order valence-electron chi connectivity index (χ1n) is 10.4. The Morgan fingerprint density at radius 1 is 1.00 bits per heavy atom. The number of carbonyl (C=O) groups is 1. The number of nitrogens with one attached hydrogen (secondary N) is 1. The Balaban J connectivity index is 1.61. The van der Waals surface area contributed by atoms with Gasteiger partial charge >= 0.3 is 0 Å². The number of pyridine rings is 1. The highest BCUT2D eigenvalue weighted by atomic mass is 16.5. The van der Waals surface area contributed by atoms with Crippen LogP contribution < -0.4 is 14.8 Å². The minimum absolute atomic E-state index is 0.195. The van der Waals surface area contributed by atoms with Crippen molar-refractivity contribution in [2.45, 2.75) is 26.5 Å². The van der Waals surface area contributed by atoms with Gasteiger partial charge in [-0.2, -0.15) is 0 Å². The molecule has 0 aliphatic heterocycles. The first-order valence-corrected chi connectivity index (χ1v) is 10.4. The fourth-order valence-corrected chi connectivity index (χ4v) is 3.01. The van der Waals surface area contributed by atoms with Crippen molar-refractivity contribution in [1.82, 2.24) is 10.3 Å². The highest BCUT2D eigenvalue weighted by Gasteiger charge is 2.16. The van der Waals surface area contributed by atoms with Gasteiger partial charge < -0.3 is 19.5 Å². The van der Waals surface area contributed by atoms with Crippen LogP contribution in [0.3, 0.4) is 0 Å². The van der Waals surface area contributed by atoms with E-state index in [9.17, 15) is 4.79 Å². The van der Waals surface area contributed by atoms with Gasteiger partial charge in [0.25, 0.3) is 5.91 Å². The third-order valence-electron chi connectivity index (χ3n) is 4.64. The molecule has 0 spiro atoms. The first-order chi connectivity index (χ1) is 15.2. The fourth-order valence-electron chi connectivity index (χ4n) is 3.01. The Labute approximate surface area is 183 Å². The van der Waals surface area contributed by atoms with Crippen LogP contribution in [0.4, 0.5) is 0 Å². The van der Waals surface area contributed by atoms with E-state index in [0.717, 1.165) is 17.0 Å². The van der Waals surface area contributed by atoms with Gasteiger partial charge in [0.1, 0.15) is 24.7 Å². The Bertz CT molecular complexity index is 963. The van der Waals surface area contributed by atoms with Gasteiger partial charge in [-0.1, -0.05) is 30.3 Å². The third-order valence-corrected chi connectivity index (χ3v) is 4.64. The highest BCUT2D eigenvalue weighted by Crippen LogP contribution is 2.22. The first kappa shape index (κ1) is 22.3. The summed E-state index contributed by atoms with van der Waals surface area (Å²) in [4.78, 5) is 17.1. The second-order valence-electron chi connectivity index (χ2n) is 6.92. The van der Waals surface area contributed by atoms with Crippen LogP contribution in [0.15, 0.2) is 72.9 Å². The SMILES string of the molecule is CCOCCOc1ccccc1C(=O)NC(C)c1cccc(OCc2ccccn2)c1. The predicted octanol–water partition coefficient (Wildman–Crippen LogP) is 4.57. The molecule has 0 saturated carbocycles. The second-order valence-corrected chi connectivity index (χ2v) is 6.92. The van der Waals surface area contributed by atoms with Crippen molar-refractivity contribution in [3.63, 3.8) is 0 Å². The van der Waals surface area contributed by atoms with Crippen molar-refractivity contribution < 1.29 is 19.0 Å². The smallest absolute Gasteiger partial charge is 0.255 e. The lowest BCUT2D eigenvalue weighted by atomic mass is 10.1. The molecular formula is C25H28N2O4. The van der Waals surface area contributed by atoms with Gasteiger partial charge in [0.2, 0.25) is 0 Å². The molecule has 1 heterocycles. The normalized spacial score (nSPS) is 11.5. The van der Waals surface area contributed by atoms with Gasteiger partial charge in [-0.25, -0.2) is 0 Å². The molecule has 1 atom stereocenters. The molecule has 162 valence electrons. The molecule has 6 heteroatoms. The summed E-state index contributed by atoms with van der Waals surface area (Å²) in [6.07, 6.45) is 1.74. The summed E-state index contributed by atoms with van der Waals surface area (Å²) in [7, 11) is 0. The Hall–Kier alpha value is -3.38. The monoisotopic (exact) mass is 420 g/mol. The molecular weight excluding hydrogens is 392 g/mol. The van der Waals surface area contributed by atoms with E-state index in [-0.39, 0.29) is 11.9 Å². The number of para-hydroxylation sites is 1. The van der Waals surface area contributed by atoms with Crippen LogP contribution in [0.5, 0.6) is 11.5 Å². The maximum absolute atomic E-state index is 12.9. The van der Waals surface area contributed by atoms with Gasteiger partial charge in [0.05, 0.1) is 23.9 Å². The molecule has 3 aromatic rings. The topological polar surface area (TPSA) is 69.7 Å². The molecule has 0 saturated heterocycles. The predicted molar refractivity (Wildman–Crippen MR) is 119 cm³/mol. The molecule has 0 fully saturated rings. The van der Waals surface area contributed by atoms with Gasteiger partial charge in [-0.05, 0) is 55.8 Å². The average molecular weight is 421 g/mol. The molecule has 0 aliphatic carbocycles. The van der Waals surface area contributed by atoms with E-state index in [1.54, 1.807) is 18.3 Å². The van der Waals surface area contributed by atoms with Crippen LogP contribution in [0.25, 0.3) is 0 Å². The van der Waals surface area contributed by atoms with Crippen molar-refractivity contribution in [2.24, 2.45) is 0 Å². The zero-order chi connectivity index (χ0) is 21.9. The molecule has 31 heavy (non-hydrogen) atoms. The van der Waals surface area contributed by atoms with Crippen LogP contribution in [-0.2, 0) is 11.3 Å². The minimum Gasteiger partial charge on any atom is -0.490 e. The van der Waals surface area contributed by atoms with Gasteiger partial charge in [-0.15, -0.1) is 0 Å². The number of hydrogen-bond donors (Lipinski definition) is 1. The molecule has 1 unspecified atom stereocenters. The standard InChI is InChI=1S/C25H28N2O4/c1-3-29-15-16-30-24-13-5-4-12-23(24)25(28)27-19(2)20-9-8-11-22(17-20)31-18-21-10-6-7-14-26-21/h4-14,17,19H,3,15-16,18H2,1-2H3,(H,27,28). The third kappa shape index (κ3) is 6.83. The van der Waals surface area contributed by atoms with E-state index in [1.165, 1.54) is 0 Å². The van der Waals surface area contributed by atoms with Gasteiger partial charge in [0.15, 0.2) is 0 Å². The van der Waals surface area contributed by atoms with E-state index in [4.69, 9.17) is 14.2 Å². The van der Waals surface area contributed by atoms with Crippen LogP contribution in [0, 0.1) is 0 Å². The largest absolute Gasteiger partial charge is 0.490 e. The molecule has 6 nitrogen and oxygen atoms in total. The quantitative estimate of drug-likeness (QED) is 0.460. The van der Waals surface area contributed by atoms with Gasteiger partial charge in [-0.3, -0.25) is 9.78 Å². The number of rotatable bonds is 11. The van der Waals surface area contributed by atoms with Crippen molar-refractivity contribution in [1.29, 1.82) is 0 Å². The molecule has 3 rings (SSSR count). The fraction of sp³-hybridized carbons (Fsp3) is 0.280. The summed E-state index contributed by atoms with van der Waals surface area (Å²) >= 11 is 0. The number of benzene rings is 2. The number of aromatic nitrogens is 1. The van der Waals surface area contributed by atoms with Crippen LogP contribution in [0.1, 0.15) is 41.5 Å². The Morgan fingerprint density at radius 3 is 2.65 bits per heavy atom. The Morgan fingerprint density at radius 2 is 1.84 bits per heavy atom. The van der Waals surface area contributed by atoms with Crippen LogP contribution >= 0.6 is 0 Å². The maximum Gasteiger partial charge on any atom is 0.255 e. The van der Waals surface area contributed by atoms with Crippen molar-refractivity contribution in [2.75, 3.05) is 19.8 Å². The summed E-state index contributed by atoms with van der Waals surface area (Å²) in [5.41, 5.74) is 2.30. The molecule has 1 N–H and O–H groups in total. The lowest BCUT2D eigenvalue weighted by molar-refractivity contribution is 0.0923. The van der Waals surface area contributed by atoms with Crippen molar-refractivity contribution >= 4 is 5.91 Å². The highest BCUT2D eigenvalue weighted by molar-refractivity contribution is 5.97. The summed E-state index contributed by atoms with van der Waals surface area (Å²) in [5, 5.41) is 3.04. The molecule has 1 amide bonds. The number of amides is 1. The lowest BCUT2D eigenvalue weighted by Gasteiger charge is -2.17. The summed E-state index contributed by atoms with van der Waals surface area (Å²) in [5.74, 6) is 1.07. The molecule has 0 radical (unpaired) electrons. The number of ether oxygens (including phenoxy) is 3. The zero-order valence-electron chi connectivity index (χ0n) is 17.9. The summed E-state index contributed by atoms with van der Waals surface area (Å²) in [6.45, 7) is 5.76. The van der Waals surface area contributed by atoms with E-state index < -0.39 is 0 Å². The van der Waals surface area contributed by atoms with E-state index in [0.29, 0.717) is 37.7 Å². The van der Waals surface area contributed by atoms with E-state index in [2.05, 4.69) is 10.3 Å². The molecule has 1 aromatic heterocycles. The summed E-state index contributed by atoms with van der Waals surface area (Å²) in [6, 6.07) is 20.4. The second kappa shape index (κ2) is 11.7. The number of carbonyl (C=O) groups excluding carboxylic acids is 1. The van der Waals surface area contributed by atoms with Crippen molar-refractivity contribution in [3.05, 3.63) is 89.7 Å². The van der Waals surface area contributed by atoms with E-state index >= 15 is 0 Å². The maximum atomic E-state index is 12.9. The van der Waals surface area contributed by atoms with Gasteiger partial charge in [0, 0.05) is 12.8 Å². The minimum atomic E-state index is -0.206. The van der Waals surface area contributed by atoms with Crippen LogP contribution in [0.2, 0.25) is 0 Å². The molecule has 2 aromatic carbocycles. The lowest BCUT2D eigenvalue weighted by Crippen LogP contribution is -2.27. The Kier molecular flexibility index (Phi) is 8.43. The van der Waals surface area contributed by atoms with Crippen LogP contribution in [-0.4, -0.2) is 30.7 Å². The molecule has 0 aliphatic rings. The number of hydrogen-bond acceptors (Lipinski definition) is 5. The average Bonchev–Trinajstić information content (AvgIpc) is 2.81. The summed E-state index contributed by atoms with van der Waals surface area (Å²) < 4.78 is 16.9.